The number of hydrogen-bond acceptors (Lipinski definition) is 4. The maximum absolute atomic E-state index is 13.0. The summed E-state index contributed by atoms with van der Waals surface area (Å²) in [4.78, 5) is 31.9. The number of amides is 1. The molecule has 0 radical (unpaired) electrons. The van der Waals surface area contributed by atoms with Crippen molar-refractivity contribution in [1.82, 2.24) is 15.3 Å². The van der Waals surface area contributed by atoms with Crippen molar-refractivity contribution in [2.24, 2.45) is 0 Å². The van der Waals surface area contributed by atoms with Gasteiger partial charge in [-0.3, -0.25) is 9.59 Å². The first-order valence-electron chi connectivity index (χ1n) is 7.64. The van der Waals surface area contributed by atoms with Crippen LogP contribution in [-0.2, 0) is 4.79 Å². The smallest absolute Gasteiger partial charge is 0.305 e. The minimum atomic E-state index is -1.06. The minimum absolute atomic E-state index is 0.199. The molecule has 1 aliphatic rings. The van der Waals surface area contributed by atoms with E-state index in [9.17, 15) is 14.0 Å². The van der Waals surface area contributed by atoms with Crippen LogP contribution in [0.4, 0.5) is 4.39 Å². The van der Waals surface area contributed by atoms with Gasteiger partial charge in [-0.05, 0) is 36.6 Å². The molecule has 1 heterocycles. The molecule has 24 heavy (non-hydrogen) atoms. The van der Waals surface area contributed by atoms with Crippen molar-refractivity contribution < 1.29 is 19.1 Å². The zero-order chi connectivity index (χ0) is 17.1. The van der Waals surface area contributed by atoms with Crippen LogP contribution in [0.5, 0.6) is 0 Å². The lowest BCUT2D eigenvalue weighted by Gasteiger charge is -2.17. The molecule has 1 fully saturated rings. The molecule has 0 aliphatic heterocycles. The van der Waals surface area contributed by atoms with E-state index in [2.05, 4.69) is 15.3 Å². The molecular weight excluding hydrogens is 313 g/mol. The van der Waals surface area contributed by atoms with Gasteiger partial charge in [-0.25, -0.2) is 14.4 Å². The number of carbonyl (C=O) groups is 2. The lowest BCUT2D eigenvalue weighted by atomic mass is 10.0. The van der Waals surface area contributed by atoms with Crippen LogP contribution in [0.3, 0.4) is 0 Å². The van der Waals surface area contributed by atoms with Crippen molar-refractivity contribution in [3.8, 4) is 0 Å². The van der Waals surface area contributed by atoms with E-state index < -0.39 is 23.7 Å². The van der Waals surface area contributed by atoms with Crippen LogP contribution < -0.4 is 5.32 Å². The fourth-order valence-corrected chi connectivity index (χ4v) is 2.39. The van der Waals surface area contributed by atoms with E-state index in [0.29, 0.717) is 17.3 Å². The van der Waals surface area contributed by atoms with Crippen LogP contribution in [0.1, 0.15) is 53.1 Å². The molecule has 0 spiro atoms. The van der Waals surface area contributed by atoms with Crippen molar-refractivity contribution in [3.05, 3.63) is 59.4 Å². The largest absolute Gasteiger partial charge is 0.481 e. The van der Waals surface area contributed by atoms with E-state index in [-0.39, 0.29) is 12.1 Å². The Morgan fingerprint density at radius 3 is 2.58 bits per heavy atom. The molecule has 3 rings (SSSR count). The molecular formula is C17H16FN3O3. The van der Waals surface area contributed by atoms with Crippen molar-refractivity contribution in [3.63, 3.8) is 0 Å². The Kier molecular flexibility index (Phi) is 4.50. The van der Waals surface area contributed by atoms with Gasteiger partial charge in [0.05, 0.1) is 12.5 Å². The number of benzene rings is 1. The Hall–Kier alpha value is -2.83. The highest BCUT2D eigenvalue weighted by atomic mass is 19.1. The van der Waals surface area contributed by atoms with Crippen LogP contribution in [0.25, 0.3) is 0 Å². The van der Waals surface area contributed by atoms with Gasteiger partial charge in [0.1, 0.15) is 17.3 Å². The number of aliphatic carboxylic acids is 1. The minimum Gasteiger partial charge on any atom is -0.481 e. The van der Waals surface area contributed by atoms with Crippen molar-refractivity contribution in [2.75, 3.05) is 0 Å². The van der Waals surface area contributed by atoms with E-state index in [1.807, 2.05) is 0 Å². The molecule has 2 aromatic rings. The van der Waals surface area contributed by atoms with Gasteiger partial charge in [0.2, 0.25) is 0 Å². The van der Waals surface area contributed by atoms with Gasteiger partial charge in [0.25, 0.3) is 5.91 Å². The van der Waals surface area contributed by atoms with Crippen LogP contribution in [-0.4, -0.2) is 27.0 Å². The van der Waals surface area contributed by atoms with E-state index in [0.717, 1.165) is 12.8 Å². The fraction of sp³-hybridized carbons (Fsp3) is 0.294. The number of carboxylic acids is 1. The molecule has 1 atom stereocenters. The van der Waals surface area contributed by atoms with E-state index in [4.69, 9.17) is 5.11 Å². The maximum atomic E-state index is 13.0. The molecule has 0 saturated heterocycles. The number of carbonyl (C=O) groups excluding carboxylic acids is 1. The first-order chi connectivity index (χ1) is 11.5. The van der Waals surface area contributed by atoms with Gasteiger partial charge in [0, 0.05) is 12.1 Å². The molecule has 1 saturated carbocycles. The highest BCUT2D eigenvalue weighted by molar-refractivity contribution is 5.92. The molecule has 0 bridgehead atoms. The third-order valence-electron chi connectivity index (χ3n) is 3.81. The van der Waals surface area contributed by atoms with E-state index in [1.165, 1.54) is 36.5 Å². The zero-order valence-corrected chi connectivity index (χ0v) is 12.8. The Bertz CT molecular complexity index is 760. The summed E-state index contributed by atoms with van der Waals surface area (Å²) in [6.45, 7) is 0. The Morgan fingerprint density at radius 2 is 1.96 bits per heavy atom. The SMILES string of the molecule is O=C(O)CC(NC(=O)c1ccnc(C2CC2)n1)c1ccc(F)cc1. The summed E-state index contributed by atoms with van der Waals surface area (Å²) in [6.07, 6.45) is 3.25. The number of nitrogens with one attached hydrogen (secondary N) is 1. The van der Waals surface area contributed by atoms with Crippen LogP contribution in [0.2, 0.25) is 0 Å². The van der Waals surface area contributed by atoms with Crippen LogP contribution >= 0.6 is 0 Å². The lowest BCUT2D eigenvalue weighted by Crippen LogP contribution is -2.31. The summed E-state index contributed by atoms with van der Waals surface area (Å²) in [5, 5.41) is 11.7. The molecule has 1 amide bonds. The second-order valence-electron chi connectivity index (χ2n) is 5.75. The van der Waals surface area contributed by atoms with Gasteiger partial charge in [-0.1, -0.05) is 12.1 Å². The molecule has 6 nitrogen and oxygen atoms in total. The first kappa shape index (κ1) is 16.0. The summed E-state index contributed by atoms with van der Waals surface area (Å²) in [6, 6.07) is 6.09. The summed E-state index contributed by atoms with van der Waals surface area (Å²) in [5.41, 5.74) is 0.716. The number of nitrogens with zero attached hydrogens (tertiary/aromatic N) is 2. The Balaban J connectivity index is 1.78. The highest BCUT2D eigenvalue weighted by Crippen LogP contribution is 2.37. The molecule has 124 valence electrons. The third kappa shape index (κ3) is 3.92. The molecule has 1 unspecified atom stereocenters. The molecule has 7 heteroatoms. The van der Waals surface area contributed by atoms with Crippen LogP contribution in [0, 0.1) is 5.82 Å². The molecule has 1 aromatic carbocycles. The summed E-state index contributed by atoms with van der Waals surface area (Å²) < 4.78 is 13.0. The zero-order valence-electron chi connectivity index (χ0n) is 12.8. The predicted molar refractivity (Wildman–Crippen MR) is 82.9 cm³/mol. The topological polar surface area (TPSA) is 92.2 Å². The van der Waals surface area contributed by atoms with E-state index >= 15 is 0 Å². The maximum Gasteiger partial charge on any atom is 0.305 e. The summed E-state index contributed by atoms with van der Waals surface area (Å²) in [5.74, 6) is -1.02. The Morgan fingerprint density at radius 1 is 1.25 bits per heavy atom. The standard InChI is InChI=1S/C17H16FN3O3/c18-12-5-3-10(4-6-12)14(9-15(22)23)21-17(24)13-7-8-19-16(20-13)11-1-2-11/h3-8,11,14H,1-2,9H2,(H,21,24)(H,22,23). The third-order valence-corrected chi connectivity index (χ3v) is 3.81. The normalized spacial score (nSPS) is 14.9. The van der Waals surface area contributed by atoms with Crippen LogP contribution in [0.15, 0.2) is 36.5 Å². The van der Waals surface area contributed by atoms with E-state index in [1.54, 1.807) is 0 Å². The van der Waals surface area contributed by atoms with Gasteiger partial charge in [0.15, 0.2) is 0 Å². The summed E-state index contributed by atoms with van der Waals surface area (Å²) in [7, 11) is 0. The van der Waals surface area contributed by atoms with Crippen molar-refractivity contribution in [1.29, 1.82) is 0 Å². The first-order valence-corrected chi connectivity index (χ1v) is 7.64. The molecule has 2 N–H and O–H groups in total. The second-order valence-corrected chi connectivity index (χ2v) is 5.75. The second kappa shape index (κ2) is 6.74. The number of halogens is 1. The van der Waals surface area contributed by atoms with Crippen molar-refractivity contribution >= 4 is 11.9 Å². The van der Waals surface area contributed by atoms with Gasteiger partial charge >= 0.3 is 5.97 Å². The number of carboxylic acid groups (broad SMARTS) is 1. The van der Waals surface area contributed by atoms with Gasteiger partial charge in [-0.2, -0.15) is 0 Å². The average molecular weight is 329 g/mol. The lowest BCUT2D eigenvalue weighted by molar-refractivity contribution is -0.137. The van der Waals surface area contributed by atoms with Gasteiger partial charge in [-0.15, -0.1) is 0 Å². The van der Waals surface area contributed by atoms with Gasteiger partial charge < -0.3 is 10.4 Å². The highest BCUT2D eigenvalue weighted by Gasteiger charge is 2.27. The number of aromatic nitrogens is 2. The molecule has 1 aliphatic carbocycles. The molecule has 1 aromatic heterocycles. The fourth-order valence-electron chi connectivity index (χ4n) is 2.39. The predicted octanol–water partition coefficient (Wildman–Crippen LogP) is 2.44. The van der Waals surface area contributed by atoms with Crippen molar-refractivity contribution in [2.45, 2.75) is 31.2 Å². The monoisotopic (exact) mass is 329 g/mol. The Labute approximate surface area is 137 Å². The number of hydrogen-bond donors (Lipinski definition) is 2. The average Bonchev–Trinajstić information content (AvgIpc) is 3.39. The summed E-state index contributed by atoms with van der Waals surface area (Å²) >= 11 is 0. The number of rotatable bonds is 6. The quantitative estimate of drug-likeness (QED) is 0.849.